The smallest absolute Gasteiger partial charge is 0.0681 e. The fraction of sp³-hybridized carbons (Fsp3) is 1.00. The summed E-state index contributed by atoms with van der Waals surface area (Å²) in [4.78, 5) is 0. The first-order valence-corrected chi connectivity index (χ1v) is 12.5. The molecule has 0 aromatic rings. The van der Waals surface area contributed by atoms with Crippen LogP contribution in [-0.2, 0) is 0 Å². The predicted molar refractivity (Wildman–Crippen MR) is 122 cm³/mol. The van der Waals surface area contributed by atoms with Crippen LogP contribution in [0.5, 0.6) is 0 Å². The van der Waals surface area contributed by atoms with Crippen LogP contribution in [0, 0.1) is 0 Å². The Balaban J connectivity index is 3.48. The van der Waals surface area contributed by atoms with Gasteiger partial charge in [0, 0.05) is 13.1 Å². The molecule has 0 aromatic heterocycles. The molecule has 0 aromatic carbocycles. The van der Waals surface area contributed by atoms with E-state index in [1.165, 1.54) is 89.9 Å². The molecule has 4 heteroatoms. The topological polar surface area (TPSA) is 69.7 Å². The SMILES string of the molecule is CCCCCCCCCCC(O)CN(N)CC(O)CCCCCCCCCC. The molecule has 0 fully saturated rings. The molecule has 28 heavy (non-hydrogen) atoms. The van der Waals surface area contributed by atoms with Gasteiger partial charge in [-0.3, -0.25) is 5.84 Å². The average Bonchev–Trinajstić information content (AvgIpc) is 2.65. The molecule has 2 unspecified atom stereocenters. The van der Waals surface area contributed by atoms with Crippen LogP contribution in [0.4, 0.5) is 0 Å². The Kier molecular flexibility index (Phi) is 21.4. The Morgan fingerprint density at radius 1 is 0.536 bits per heavy atom. The quantitative estimate of drug-likeness (QED) is 0.119. The largest absolute Gasteiger partial charge is 0.392 e. The molecule has 0 aliphatic rings. The van der Waals surface area contributed by atoms with E-state index in [2.05, 4.69) is 13.8 Å². The fourth-order valence-corrected chi connectivity index (χ4v) is 3.83. The van der Waals surface area contributed by atoms with Crippen molar-refractivity contribution >= 4 is 0 Å². The maximum absolute atomic E-state index is 10.1. The summed E-state index contributed by atoms with van der Waals surface area (Å²) in [7, 11) is 0. The van der Waals surface area contributed by atoms with E-state index in [0.717, 1.165) is 25.7 Å². The van der Waals surface area contributed by atoms with Crippen molar-refractivity contribution in [3.63, 3.8) is 0 Å². The average molecular weight is 401 g/mol. The van der Waals surface area contributed by atoms with Gasteiger partial charge in [-0.05, 0) is 12.8 Å². The molecular formula is C24H52N2O2. The normalized spacial score (nSPS) is 13.9. The maximum Gasteiger partial charge on any atom is 0.0681 e. The van der Waals surface area contributed by atoms with Crippen molar-refractivity contribution in [2.75, 3.05) is 13.1 Å². The summed E-state index contributed by atoms with van der Waals surface area (Å²) < 4.78 is 0. The van der Waals surface area contributed by atoms with Gasteiger partial charge in [-0.2, -0.15) is 0 Å². The van der Waals surface area contributed by atoms with Crippen LogP contribution in [0.1, 0.15) is 129 Å². The number of nitrogens with two attached hydrogens (primary N) is 1. The van der Waals surface area contributed by atoms with Crippen molar-refractivity contribution in [2.24, 2.45) is 5.84 Å². The first-order chi connectivity index (χ1) is 13.6. The van der Waals surface area contributed by atoms with Crippen molar-refractivity contribution < 1.29 is 10.2 Å². The van der Waals surface area contributed by atoms with E-state index < -0.39 is 0 Å². The maximum atomic E-state index is 10.1. The van der Waals surface area contributed by atoms with E-state index in [1.54, 1.807) is 5.01 Å². The van der Waals surface area contributed by atoms with Gasteiger partial charge in [-0.1, -0.05) is 117 Å². The van der Waals surface area contributed by atoms with E-state index in [-0.39, 0.29) is 12.2 Å². The Morgan fingerprint density at radius 2 is 0.821 bits per heavy atom. The number of unbranched alkanes of at least 4 members (excludes halogenated alkanes) is 14. The van der Waals surface area contributed by atoms with Crippen LogP contribution in [0.2, 0.25) is 0 Å². The summed E-state index contributed by atoms with van der Waals surface area (Å²) in [6, 6.07) is 0. The molecule has 0 saturated heterocycles. The summed E-state index contributed by atoms with van der Waals surface area (Å²) in [5, 5.41) is 21.9. The minimum absolute atomic E-state index is 0.375. The second-order valence-electron chi connectivity index (χ2n) is 8.79. The zero-order valence-electron chi connectivity index (χ0n) is 19.2. The van der Waals surface area contributed by atoms with E-state index in [4.69, 9.17) is 5.84 Å². The van der Waals surface area contributed by atoms with Gasteiger partial charge in [0.15, 0.2) is 0 Å². The summed E-state index contributed by atoms with van der Waals surface area (Å²) >= 11 is 0. The summed E-state index contributed by atoms with van der Waals surface area (Å²) in [5.41, 5.74) is 0. The summed E-state index contributed by atoms with van der Waals surface area (Å²) in [6.07, 6.45) is 21.4. The van der Waals surface area contributed by atoms with Crippen LogP contribution in [0.25, 0.3) is 0 Å². The molecule has 0 radical (unpaired) electrons. The number of aliphatic hydroxyl groups excluding tert-OH is 2. The number of nitrogens with zero attached hydrogens (tertiary/aromatic N) is 1. The number of hydrogen-bond acceptors (Lipinski definition) is 4. The van der Waals surface area contributed by atoms with Gasteiger partial charge in [0.2, 0.25) is 0 Å². The van der Waals surface area contributed by atoms with Gasteiger partial charge in [-0.25, -0.2) is 5.01 Å². The van der Waals surface area contributed by atoms with Crippen LogP contribution in [0.3, 0.4) is 0 Å². The lowest BCUT2D eigenvalue weighted by Gasteiger charge is -2.23. The van der Waals surface area contributed by atoms with E-state index in [0.29, 0.717) is 13.1 Å². The fourth-order valence-electron chi connectivity index (χ4n) is 3.83. The number of hydrogen-bond donors (Lipinski definition) is 3. The third-order valence-corrected chi connectivity index (χ3v) is 5.67. The van der Waals surface area contributed by atoms with E-state index >= 15 is 0 Å². The Morgan fingerprint density at radius 3 is 1.14 bits per heavy atom. The van der Waals surface area contributed by atoms with Crippen molar-refractivity contribution in [3.05, 3.63) is 0 Å². The van der Waals surface area contributed by atoms with Crippen LogP contribution < -0.4 is 5.84 Å². The number of hydrazine groups is 1. The molecule has 0 heterocycles. The minimum atomic E-state index is -0.375. The molecule has 4 nitrogen and oxygen atoms in total. The molecule has 0 saturated carbocycles. The van der Waals surface area contributed by atoms with Crippen LogP contribution in [0.15, 0.2) is 0 Å². The highest BCUT2D eigenvalue weighted by molar-refractivity contribution is 4.65. The molecule has 0 bridgehead atoms. The van der Waals surface area contributed by atoms with Crippen LogP contribution in [-0.4, -0.2) is 40.5 Å². The number of aliphatic hydroxyl groups is 2. The van der Waals surface area contributed by atoms with Crippen LogP contribution >= 0.6 is 0 Å². The van der Waals surface area contributed by atoms with Gasteiger partial charge in [0.05, 0.1) is 12.2 Å². The van der Waals surface area contributed by atoms with Gasteiger partial charge >= 0.3 is 0 Å². The Bertz CT molecular complexity index is 274. The second kappa shape index (κ2) is 21.5. The van der Waals surface area contributed by atoms with Gasteiger partial charge < -0.3 is 10.2 Å². The van der Waals surface area contributed by atoms with E-state index in [1.807, 2.05) is 0 Å². The van der Waals surface area contributed by atoms with Gasteiger partial charge in [0.1, 0.15) is 0 Å². The third kappa shape index (κ3) is 20.6. The van der Waals surface area contributed by atoms with Crippen molar-refractivity contribution in [1.29, 1.82) is 0 Å². The highest BCUT2D eigenvalue weighted by atomic mass is 16.3. The highest BCUT2D eigenvalue weighted by Gasteiger charge is 2.12. The second-order valence-corrected chi connectivity index (χ2v) is 8.79. The molecule has 4 N–H and O–H groups in total. The first kappa shape index (κ1) is 27.8. The van der Waals surface area contributed by atoms with Crippen molar-refractivity contribution in [3.8, 4) is 0 Å². The van der Waals surface area contributed by atoms with E-state index in [9.17, 15) is 10.2 Å². The lowest BCUT2D eigenvalue weighted by Crippen LogP contribution is -2.42. The van der Waals surface area contributed by atoms with Gasteiger partial charge in [0.25, 0.3) is 0 Å². The van der Waals surface area contributed by atoms with Crippen molar-refractivity contribution in [1.82, 2.24) is 5.01 Å². The molecule has 0 aliphatic carbocycles. The lowest BCUT2D eigenvalue weighted by molar-refractivity contribution is 0.0607. The molecule has 2 atom stereocenters. The number of rotatable bonds is 22. The third-order valence-electron chi connectivity index (χ3n) is 5.67. The van der Waals surface area contributed by atoms with Crippen molar-refractivity contribution in [2.45, 2.75) is 142 Å². The summed E-state index contributed by atoms with van der Waals surface area (Å²) in [6.45, 7) is 5.42. The molecule has 0 aliphatic heterocycles. The summed E-state index contributed by atoms with van der Waals surface area (Å²) in [5.74, 6) is 5.99. The molecule has 0 spiro atoms. The standard InChI is InChI=1S/C24H52N2O2/c1-3-5-7-9-11-13-15-17-19-23(27)21-26(25)22-24(28)20-18-16-14-12-10-8-6-4-2/h23-24,27-28H,3-22,25H2,1-2H3. The lowest BCUT2D eigenvalue weighted by atomic mass is 10.0. The highest BCUT2D eigenvalue weighted by Crippen LogP contribution is 2.12. The molecule has 0 amide bonds. The first-order valence-electron chi connectivity index (χ1n) is 12.5. The zero-order chi connectivity index (χ0) is 20.9. The Hall–Kier alpha value is -0.160. The predicted octanol–water partition coefficient (Wildman–Crippen LogP) is 5.95. The molecular weight excluding hydrogens is 348 g/mol. The monoisotopic (exact) mass is 400 g/mol. The molecule has 0 rings (SSSR count). The zero-order valence-corrected chi connectivity index (χ0v) is 19.2. The molecule has 170 valence electrons. The van der Waals surface area contributed by atoms with Gasteiger partial charge in [-0.15, -0.1) is 0 Å². The Labute approximate surface area is 176 Å². The minimum Gasteiger partial charge on any atom is -0.392 e.